The molecule has 4 heteroatoms. The van der Waals surface area contributed by atoms with Crippen molar-refractivity contribution in [3.8, 4) is 5.69 Å². The molecule has 0 radical (unpaired) electrons. The lowest BCUT2D eigenvalue weighted by Gasteiger charge is -2.31. The number of ether oxygens (including phenoxy) is 2. The van der Waals surface area contributed by atoms with Crippen LogP contribution in [-0.2, 0) is 9.47 Å². The van der Waals surface area contributed by atoms with Gasteiger partial charge in [0.1, 0.15) is 5.76 Å². The number of hydrogen-bond acceptors (Lipinski definition) is 3. The van der Waals surface area contributed by atoms with E-state index in [2.05, 4.69) is 11.1 Å². The van der Waals surface area contributed by atoms with Crippen molar-refractivity contribution in [2.45, 2.75) is 19.6 Å². The molecule has 0 aliphatic carbocycles. The van der Waals surface area contributed by atoms with Crippen molar-refractivity contribution in [1.82, 2.24) is 9.55 Å². The van der Waals surface area contributed by atoms with Crippen LogP contribution in [0.3, 0.4) is 0 Å². The zero-order chi connectivity index (χ0) is 13.3. The summed E-state index contributed by atoms with van der Waals surface area (Å²) in [6.45, 7) is 4.40. The third-order valence-electron chi connectivity index (χ3n) is 2.99. The van der Waals surface area contributed by atoms with E-state index in [1.807, 2.05) is 48.9 Å². The third kappa shape index (κ3) is 2.53. The largest absolute Gasteiger partial charge is 0.463 e. The molecule has 0 atom stereocenters. The summed E-state index contributed by atoms with van der Waals surface area (Å²) in [4.78, 5) is 4.06. The highest BCUT2D eigenvalue weighted by Gasteiger charge is 2.25. The molecule has 98 valence electrons. The lowest BCUT2D eigenvalue weighted by Crippen LogP contribution is -2.31. The second kappa shape index (κ2) is 4.55. The van der Waals surface area contributed by atoms with Crippen LogP contribution in [-0.4, -0.2) is 21.9 Å². The Morgan fingerprint density at radius 1 is 1.32 bits per heavy atom. The molecule has 0 saturated carbocycles. The van der Waals surface area contributed by atoms with E-state index < -0.39 is 5.79 Å². The quantitative estimate of drug-likeness (QED) is 0.828. The minimum absolute atomic E-state index is 0.567. The minimum Gasteiger partial charge on any atom is -0.463 e. The first-order valence-corrected chi connectivity index (χ1v) is 6.26. The molecule has 0 unspecified atom stereocenters. The molecule has 0 N–H and O–H groups in total. The molecule has 2 aromatic rings. The van der Waals surface area contributed by atoms with Gasteiger partial charge in [-0.05, 0) is 18.2 Å². The summed E-state index contributed by atoms with van der Waals surface area (Å²) in [6, 6.07) is 8.16. The van der Waals surface area contributed by atoms with Crippen LogP contribution in [0.1, 0.15) is 19.4 Å². The SMILES string of the molecule is CC1(C)OCC=C(c2cccc(-n3ccnc3)c2)O1. The first-order chi connectivity index (χ1) is 9.14. The van der Waals surface area contributed by atoms with Gasteiger partial charge >= 0.3 is 0 Å². The maximum absolute atomic E-state index is 5.85. The van der Waals surface area contributed by atoms with Gasteiger partial charge in [-0.1, -0.05) is 12.1 Å². The molecule has 1 aliphatic heterocycles. The monoisotopic (exact) mass is 256 g/mol. The molecular weight excluding hydrogens is 240 g/mol. The normalized spacial score (nSPS) is 17.7. The molecule has 3 rings (SSSR count). The molecule has 2 heterocycles. The first kappa shape index (κ1) is 12.0. The van der Waals surface area contributed by atoms with Gasteiger partial charge in [0, 0.05) is 37.5 Å². The Hall–Kier alpha value is -2.07. The topological polar surface area (TPSA) is 36.3 Å². The number of rotatable bonds is 2. The molecule has 19 heavy (non-hydrogen) atoms. The molecule has 0 spiro atoms. The Morgan fingerprint density at radius 3 is 2.95 bits per heavy atom. The van der Waals surface area contributed by atoms with Gasteiger partial charge in [0.25, 0.3) is 0 Å². The van der Waals surface area contributed by atoms with Crippen molar-refractivity contribution >= 4 is 5.76 Å². The summed E-state index contributed by atoms with van der Waals surface area (Å²) in [5, 5.41) is 0. The van der Waals surface area contributed by atoms with E-state index in [-0.39, 0.29) is 0 Å². The van der Waals surface area contributed by atoms with E-state index in [4.69, 9.17) is 9.47 Å². The number of nitrogens with zero attached hydrogens (tertiary/aromatic N) is 2. The van der Waals surface area contributed by atoms with E-state index in [0.29, 0.717) is 6.61 Å². The van der Waals surface area contributed by atoms with E-state index >= 15 is 0 Å². The Morgan fingerprint density at radius 2 is 2.21 bits per heavy atom. The van der Waals surface area contributed by atoms with Gasteiger partial charge in [-0.2, -0.15) is 0 Å². The van der Waals surface area contributed by atoms with Crippen LogP contribution in [0.4, 0.5) is 0 Å². The van der Waals surface area contributed by atoms with Gasteiger partial charge < -0.3 is 14.0 Å². The van der Waals surface area contributed by atoms with Crippen LogP contribution in [0.15, 0.2) is 49.1 Å². The smallest absolute Gasteiger partial charge is 0.205 e. The van der Waals surface area contributed by atoms with E-state index in [1.54, 1.807) is 12.5 Å². The van der Waals surface area contributed by atoms with Gasteiger partial charge in [0.2, 0.25) is 5.79 Å². The third-order valence-corrected chi connectivity index (χ3v) is 2.99. The molecule has 0 fully saturated rings. The molecule has 0 bridgehead atoms. The summed E-state index contributed by atoms with van der Waals surface area (Å²) in [7, 11) is 0. The van der Waals surface area contributed by atoms with Crippen LogP contribution < -0.4 is 0 Å². The summed E-state index contributed by atoms with van der Waals surface area (Å²) in [6.07, 6.45) is 7.42. The number of imidazole rings is 1. The van der Waals surface area contributed by atoms with Crippen molar-refractivity contribution in [3.63, 3.8) is 0 Å². The maximum atomic E-state index is 5.85. The van der Waals surface area contributed by atoms with Crippen LogP contribution in [0.25, 0.3) is 11.4 Å². The summed E-state index contributed by atoms with van der Waals surface area (Å²) < 4.78 is 13.3. The second-order valence-electron chi connectivity index (χ2n) is 4.90. The molecule has 0 amide bonds. The summed E-state index contributed by atoms with van der Waals surface area (Å²) >= 11 is 0. The Labute approximate surface area is 112 Å². The standard InChI is InChI=1S/C15H16N2O2/c1-15(2)18-9-6-14(19-15)12-4-3-5-13(10-12)17-8-7-16-11-17/h3-8,10-11H,9H2,1-2H3. The van der Waals surface area contributed by atoms with Gasteiger partial charge in [-0.3, -0.25) is 0 Å². The van der Waals surface area contributed by atoms with Gasteiger partial charge in [-0.25, -0.2) is 4.98 Å². The summed E-state index contributed by atoms with van der Waals surface area (Å²) in [5.41, 5.74) is 2.10. The fourth-order valence-electron chi connectivity index (χ4n) is 2.06. The highest BCUT2D eigenvalue weighted by atomic mass is 16.7. The number of aromatic nitrogens is 2. The predicted molar refractivity (Wildman–Crippen MR) is 72.7 cm³/mol. The number of benzene rings is 1. The van der Waals surface area contributed by atoms with Gasteiger partial charge in [0.05, 0.1) is 12.9 Å². The summed E-state index contributed by atoms with van der Waals surface area (Å²) in [5.74, 6) is 0.285. The Balaban J connectivity index is 1.94. The Bertz CT molecular complexity index is 600. The highest BCUT2D eigenvalue weighted by Crippen LogP contribution is 2.28. The van der Waals surface area contributed by atoms with E-state index in [0.717, 1.165) is 17.0 Å². The fraction of sp³-hybridized carbons (Fsp3) is 0.267. The molecule has 1 aromatic carbocycles. The van der Waals surface area contributed by atoms with Crippen LogP contribution in [0.2, 0.25) is 0 Å². The molecule has 4 nitrogen and oxygen atoms in total. The molecule has 1 aromatic heterocycles. The zero-order valence-electron chi connectivity index (χ0n) is 11.0. The second-order valence-corrected chi connectivity index (χ2v) is 4.90. The first-order valence-electron chi connectivity index (χ1n) is 6.26. The molecular formula is C15H16N2O2. The van der Waals surface area contributed by atoms with E-state index in [9.17, 15) is 0 Å². The van der Waals surface area contributed by atoms with Crippen LogP contribution in [0.5, 0.6) is 0 Å². The fourth-order valence-corrected chi connectivity index (χ4v) is 2.06. The van der Waals surface area contributed by atoms with E-state index in [1.165, 1.54) is 0 Å². The van der Waals surface area contributed by atoms with Crippen LogP contribution >= 0.6 is 0 Å². The average molecular weight is 256 g/mol. The van der Waals surface area contributed by atoms with Gasteiger partial charge in [0.15, 0.2) is 0 Å². The van der Waals surface area contributed by atoms with Gasteiger partial charge in [-0.15, -0.1) is 0 Å². The van der Waals surface area contributed by atoms with Crippen molar-refractivity contribution in [2.75, 3.05) is 6.61 Å². The highest BCUT2D eigenvalue weighted by molar-refractivity contribution is 5.63. The molecule has 0 saturated heterocycles. The van der Waals surface area contributed by atoms with Crippen LogP contribution in [0, 0.1) is 0 Å². The lowest BCUT2D eigenvalue weighted by atomic mass is 10.1. The van der Waals surface area contributed by atoms with Crippen molar-refractivity contribution in [3.05, 3.63) is 54.6 Å². The number of hydrogen-bond donors (Lipinski definition) is 0. The lowest BCUT2D eigenvalue weighted by molar-refractivity contribution is -0.174. The average Bonchev–Trinajstić information content (AvgIpc) is 2.92. The van der Waals surface area contributed by atoms with Crippen molar-refractivity contribution < 1.29 is 9.47 Å². The maximum Gasteiger partial charge on any atom is 0.205 e. The Kier molecular flexibility index (Phi) is 2.87. The van der Waals surface area contributed by atoms with Crippen molar-refractivity contribution in [2.24, 2.45) is 0 Å². The molecule has 1 aliphatic rings. The zero-order valence-corrected chi connectivity index (χ0v) is 11.0. The van der Waals surface area contributed by atoms with Crippen molar-refractivity contribution in [1.29, 1.82) is 0 Å². The predicted octanol–water partition coefficient (Wildman–Crippen LogP) is 3.00. The minimum atomic E-state index is -0.574.